The molecule has 0 saturated carbocycles. The second kappa shape index (κ2) is 6.71. The third-order valence-electron chi connectivity index (χ3n) is 4.04. The quantitative estimate of drug-likeness (QED) is 0.593. The van der Waals surface area contributed by atoms with E-state index in [1.54, 1.807) is 12.1 Å². The average molecular weight is 406 g/mol. The number of imide groups is 1. The number of thioether (sulfide) groups is 1. The smallest absolute Gasteiger partial charge is 0.293 e. The Kier molecular flexibility index (Phi) is 4.37. The summed E-state index contributed by atoms with van der Waals surface area (Å²) in [6.45, 7) is 0.0945. The zero-order valence-electron chi connectivity index (χ0n) is 13.6. The van der Waals surface area contributed by atoms with Crippen LogP contribution in [0, 0.1) is 0 Å². The standard InChI is InChI=1S/C18H12ClNO6S/c19-11-6-15-14(25-8-26-15)5-10(11)7-20-17(23)16(27-18(20)24)4-9-1-2-12(21)13(22)3-9/h1-6,21-22H,7-8H2/b16-4+. The van der Waals surface area contributed by atoms with E-state index in [2.05, 4.69) is 0 Å². The van der Waals surface area contributed by atoms with Crippen molar-refractivity contribution in [1.82, 2.24) is 4.90 Å². The van der Waals surface area contributed by atoms with Crippen molar-refractivity contribution in [1.29, 1.82) is 0 Å². The number of phenolic OH excluding ortho intramolecular Hbond substituents is 2. The van der Waals surface area contributed by atoms with Gasteiger partial charge in [-0.05, 0) is 47.2 Å². The number of benzene rings is 2. The number of phenols is 2. The summed E-state index contributed by atoms with van der Waals surface area (Å²) < 4.78 is 10.5. The first-order valence-corrected chi connectivity index (χ1v) is 8.97. The van der Waals surface area contributed by atoms with Crippen LogP contribution in [0.4, 0.5) is 4.79 Å². The third kappa shape index (κ3) is 3.29. The molecule has 9 heteroatoms. The molecule has 27 heavy (non-hydrogen) atoms. The first-order valence-electron chi connectivity index (χ1n) is 7.78. The number of hydrogen-bond acceptors (Lipinski definition) is 7. The second-order valence-corrected chi connectivity index (χ2v) is 7.21. The molecule has 0 radical (unpaired) electrons. The third-order valence-corrected chi connectivity index (χ3v) is 5.30. The molecule has 2 aromatic carbocycles. The summed E-state index contributed by atoms with van der Waals surface area (Å²) in [5, 5.41) is 18.9. The van der Waals surface area contributed by atoms with E-state index in [1.807, 2.05) is 0 Å². The van der Waals surface area contributed by atoms with Crippen molar-refractivity contribution in [3.8, 4) is 23.0 Å². The molecule has 2 N–H and O–H groups in total. The Hall–Kier alpha value is -2.84. The number of ether oxygens (including phenoxy) is 2. The number of aromatic hydroxyl groups is 2. The van der Waals surface area contributed by atoms with E-state index in [1.165, 1.54) is 24.3 Å². The zero-order chi connectivity index (χ0) is 19.1. The summed E-state index contributed by atoms with van der Waals surface area (Å²) in [6, 6.07) is 7.37. The van der Waals surface area contributed by atoms with E-state index in [-0.39, 0.29) is 29.7 Å². The fourth-order valence-electron chi connectivity index (χ4n) is 2.67. The van der Waals surface area contributed by atoms with Gasteiger partial charge in [0.15, 0.2) is 23.0 Å². The van der Waals surface area contributed by atoms with Crippen molar-refractivity contribution in [2.24, 2.45) is 0 Å². The van der Waals surface area contributed by atoms with Crippen molar-refractivity contribution >= 4 is 40.6 Å². The molecule has 0 bridgehead atoms. The van der Waals surface area contributed by atoms with Crippen LogP contribution in [0.5, 0.6) is 23.0 Å². The Bertz CT molecular complexity index is 1010. The molecule has 2 aliphatic rings. The van der Waals surface area contributed by atoms with Gasteiger partial charge >= 0.3 is 0 Å². The number of halogens is 1. The summed E-state index contributed by atoms with van der Waals surface area (Å²) in [5.41, 5.74) is 1.05. The highest BCUT2D eigenvalue weighted by atomic mass is 35.5. The van der Waals surface area contributed by atoms with Gasteiger partial charge in [-0.1, -0.05) is 17.7 Å². The van der Waals surface area contributed by atoms with Gasteiger partial charge in [-0.25, -0.2) is 0 Å². The summed E-state index contributed by atoms with van der Waals surface area (Å²) in [5.74, 6) is -0.0134. The molecule has 4 rings (SSSR count). The molecule has 0 unspecified atom stereocenters. The van der Waals surface area contributed by atoms with Crippen molar-refractivity contribution < 1.29 is 29.3 Å². The molecule has 2 amide bonds. The van der Waals surface area contributed by atoms with E-state index >= 15 is 0 Å². The largest absolute Gasteiger partial charge is 0.504 e. The van der Waals surface area contributed by atoms with Crippen molar-refractivity contribution in [3.63, 3.8) is 0 Å². The van der Waals surface area contributed by atoms with Crippen LogP contribution in [0.15, 0.2) is 35.2 Å². The molecule has 0 spiro atoms. The van der Waals surface area contributed by atoms with Crippen molar-refractivity contribution in [2.75, 3.05) is 6.79 Å². The highest BCUT2D eigenvalue weighted by Gasteiger charge is 2.35. The van der Waals surface area contributed by atoms with Crippen LogP contribution < -0.4 is 9.47 Å². The van der Waals surface area contributed by atoms with Crippen molar-refractivity contribution in [2.45, 2.75) is 6.54 Å². The summed E-state index contributed by atoms with van der Waals surface area (Å²) in [6.07, 6.45) is 1.48. The SMILES string of the molecule is O=C1S/C(=C/c2ccc(O)c(O)c2)C(=O)N1Cc1cc2c(cc1Cl)OCO2. The molecule has 2 aromatic rings. The van der Waals surface area contributed by atoms with Gasteiger partial charge in [-0.3, -0.25) is 14.5 Å². The Morgan fingerprint density at radius 3 is 2.59 bits per heavy atom. The fraction of sp³-hybridized carbons (Fsp3) is 0.111. The van der Waals surface area contributed by atoms with Crippen LogP contribution in [-0.4, -0.2) is 33.1 Å². The van der Waals surface area contributed by atoms with E-state index in [9.17, 15) is 19.8 Å². The molecule has 0 aromatic heterocycles. The molecule has 7 nitrogen and oxygen atoms in total. The van der Waals surface area contributed by atoms with E-state index < -0.39 is 11.1 Å². The first kappa shape index (κ1) is 17.6. The number of carbonyl (C=O) groups excluding carboxylic acids is 2. The molecular weight excluding hydrogens is 394 g/mol. The first-order chi connectivity index (χ1) is 12.9. The van der Waals surface area contributed by atoms with Crippen LogP contribution in [0.2, 0.25) is 5.02 Å². The molecular formula is C18H12ClNO6S. The Labute approximate surface area is 162 Å². The van der Waals surface area contributed by atoms with Gasteiger partial charge in [0.05, 0.1) is 11.4 Å². The molecule has 2 heterocycles. The number of amides is 2. The minimum atomic E-state index is -0.466. The Morgan fingerprint density at radius 2 is 1.85 bits per heavy atom. The predicted octanol–water partition coefficient (Wildman–Crippen LogP) is 3.72. The van der Waals surface area contributed by atoms with E-state index in [0.29, 0.717) is 27.6 Å². The maximum atomic E-state index is 12.6. The molecule has 1 fully saturated rings. The molecule has 0 aliphatic carbocycles. The normalized spacial score (nSPS) is 17.2. The van der Waals surface area contributed by atoms with Gasteiger partial charge in [0.2, 0.25) is 6.79 Å². The van der Waals surface area contributed by atoms with Gasteiger partial charge in [0.1, 0.15) is 0 Å². The van der Waals surface area contributed by atoms with Crippen LogP contribution in [-0.2, 0) is 11.3 Å². The number of hydrogen-bond donors (Lipinski definition) is 2. The van der Waals surface area contributed by atoms with Gasteiger partial charge < -0.3 is 19.7 Å². The van der Waals surface area contributed by atoms with Crippen molar-refractivity contribution in [3.05, 3.63) is 51.4 Å². The summed E-state index contributed by atoms with van der Waals surface area (Å²) in [4.78, 5) is 26.2. The highest BCUT2D eigenvalue weighted by Crippen LogP contribution is 2.39. The van der Waals surface area contributed by atoms with Crippen LogP contribution in [0.3, 0.4) is 0 Å². The number of carbonyl (C=O) groups is 2. The molecule has 138 valence electrons. The Balaban J connectivity index is 1.58. The topological polar surface area (TPSA) is 96.3 Å². The predicted molar refractivity (Wildman–Crippen MR) is 98.9 cm³/mol. The number of fused-ring (bicyclic) bond motifs is 1. The van der Waals surface area contributed by atoms with Gasteiger partial charge in [0.25, 0.3) is 11.1 Å². The maximum Gasteiger partial charge on any atom is 0.293 e. The Morgan fingerprint density at radius 1 is 1.11 bits per heavy atom. The van der Waals surface area contributed by atoms with Crippen LogP contribution in [0.1, 0.15) is 11.1 Å². The van der Waals surface area contributed by atoms with Gasteiger partial charge in [0, 0.05) is 11.1 Å². The second-order valence-electron chi connectivity index (χ2n) is 5.81. The van der Waals surface area contributed by atoms with Gasteiger partial charge in [-0.2, -0.15) is 0 Å². The van der Waals surface area contributed by atoms with E-state index in [4.69, 9.17) is 21.1 Å². The number of rotatable bonds is 3. The number of nitrogens with zero attached hydrogens (tertiary/aromatic N) is 1. The van der Waals surface area contributed by atoms with Gasteiger partial charge in [-0.15, -0.1) is 0 Å². The lowest BCUT2D eigenvalue weighted by atomic mass is 10.1. The summed E-state index contributed by atoms with van der Waals surface area (Å²) >= 11 is 7.02. The summed E-state index contributed by atoms with van der Waals surface area (Å²) in [7, 11) is 0. The lowest BCUT2D eigenvalue weighted by molar-refractivity contribution is -0.123. The monoisotopic (exact) mass is 405 g/mol. The molecule has 2 aliphatic heterocycles. The average Bonchev–Trinajstić information content (AvgIpc) is 3.17. The maximum absolute atomic E-state index is 12.6. The minimum Gasteiger partial charge on any atom is -0.504 e. The van der Waals surface area contributed by atoms with Crippen LogP contribution >= 0.6 is 23.4 Å². The fourth-order valence-corrected chi connectivity index (χ4v) is 3.72. The minimum absolute atomic E-state index is 0.00168. The lowest BCUT2D eigenvalue weighted by Crippen LogP contribution is -2.27. The van der Waals surface area contributed by atoms with E-state index in [0.717, 1.165) is 16.7 Å². The lowest BCUT2D eigenvalue weighted by Gasteiger charge is -2.14. The van der Waals surface area contributed by atoms with Crippen LogP contribution in [0.25, 0.3) is 6.08 Å². The highest BCUT2D eigenvalue weighted by molar-refractivity contribution is 8.18. The molecule has 0 atom stereocenters. The zero-order valence-corrected chi connectivity index (χ0v) is 15.2. The molecule has 1 saturated heterocycles.